The van der Waals surface area contributed by atoms with Crippen LogP contribution in [0, 0.1) is 10.7 Å². The van der Waals surface area contributed by atoms with Crippen molar-refractivity contribution in [1.82, 2.24) is 0 Å². The normalized spacial score (nSPS) is 16.7. The lowest BCUT2D eigenvalue weighted by Crippen LogP contribution is -1.73. The lowest BCUT2D eigenvalue weighted by Gasteiger charge is -1.81. The van der Waals surface area contributed by atoms with Crippen molar-refractivity contribution in [1.29, 1.82) is 7.82 Å². The molecule has 0 heterocycles. The molecule has 0 radical (unpaired) electrons. The van der Waals surface area contributed by atoms with Crippen molar-refractivity contribution in [2.24, 2.45) is 0 Å². The number of nitrogens with zero attached hydrogens (tertiary/aromatic N) is 1. The van der Waals surface area contributed by atoms with E-state index in [9.17, 15) is 0 Å². The molecule has 6 heavy (non-hydrogen) atoms. The quantitative estimate of drug-likeness (QED) is 0.322. The molecule has 0 fully saturated rings. The second-order valence-corrected chi connectivity index (χ2v) is 4.14. The third-order valence-electron chi connectivity index (χ3n) is 0.173. The van der Waals surface area contributed by atoms with Crippen LogP contribution in [-0.4, -0.2) is 7.99 Å². The first-order chi connectivity index (χ1) is 3.68. The number of hydrogen-bond acceptors (Lipinski definition) is 2. The summed E-state index contributed by atoms with van der Waals surface area (Å²) in [4.78, 5) is 0. The fraction of sp³-hybridized carbons (Fsp3) is 0. The van der Waals surface area contributed by atoms with Gasteiger partial charge >= 0.3 is 0 Å². The number of rotatable bonds is 2. The van der Waals surface area contributed by atoms with Crippen molar-refractivity contribution in [3.05, 3.63) is 0 Å². The smallest absolute Gasteiger partial charge is 0.186 e. The Bertz CT molecular complexity index is 105. The maximum atomic E-state index is 8.03. The highest BCUT2D eigenvalue weighted by Gasteiger charge is 1.94. The summed E-state index contributed by atoms with van der Waals surface area (Å²) in [6.07, 6.45) is 0. The Labute approximate surface area is 49.1 Å². The van der Waals surface area contributed by atoms with Gasteiger partial charge in [0.1, 0.15) is 5.40 Å². The highest BCUT2D eigenvalue weighted by molar-refractivity contribution is 8.49. The minimum absolute atomic E-state index is 0.213. The van der Waals surface area contributed by atoms with Crippen LogP contribution in [0.2, 0.25) is 0 Å². The average molecular weight is 138 g/mol. The van der Waals surface area contributed by atoms with Crippen molar-refractivity contribution in [3.63, 3.8) is 0 Å². The van der Waals surface area contributed by atoms with Crippen LogP contribution < -0.4 is 0 Å². The third kappa shape index (κ3) is 4.76. The van der Waals surface area contributed by atoms with Crippen molar-refractivity contribution in [2.45, 2.75) is 0 Å². The summed E-state index contributed by atoms with van der Waals surface area (Å²) in [5.74, 6) is 0. The first-order valence-electron chi connectivity index (χ1n) is 2.15. The summed E-state index contributed by atoms with van der Waals surface area (Å²) in [7, 11) is 0.824. The Kier molecular flexibility index (Phi) is 2.45. The van der Waals surface area contributed by atoms with Crippen LogP contribution in [0.5, 0.6) is 0 Å². The molecule has 0 aliphatic rings. The molecule has 0 aromatic heterocycles. The molecule has 0 saturated carbocycles. The van der Waals surface area contributed by atoms with Gasteiger partial charge in [-0.15, -0.1) is 0 Å². The van der Waals surface area contributed by atoms with E-state index < -0.39 is 9.01 Å². The van der Waals surface area contributed by atoms with Crippen LogP contribution in [-0.2, 0) is 0 Å². The number of thiocyanates is 1. The Morgan fingerprint density at radius 1 is 2.50 bits per heavy atom. The maximum absolute atomic E-state index is 8.03. The largest absolute Gasteiger partial charge is 0.272 e. The van der Waals surface area contributed by atoms with E-state index in [4.69, 9.17) is 7.82 Å². The molecular weight excluding hydrogens is 131 g/mol. The van der Waals surface area contributed by atoms with E-state index in [2.05, 4.69) is 9.12 Å². The number of hydrogen-bond donors (Lipinski definition) is 0. The van der Waals surface area contributed by atoms with Gasteiger partial charge in [0, 0.05) is 2.56 Å². The van der Waals surface area contributed by atoms with E-state index in [1.165, 1.54) is 0 Å². The number of nitriles is 1. The Morgan fingerprint density at radius 2 is 3.17 bits per heavy atom. The molecule has 0 aromatic rings. The summed E-state index contributed by atoms with van der Waals surface area (Å²) in [5, 5.41) is 9.85. The standard InChI is InChI=1S/CH4BNP2S/c3-1-6-2(4)5/h4-5H2/i4TD. The van der Waals surface area contributed by atoms with Crippen LogP contribution in [0.1, 0.15) is 0 Å². The van der Waals surface area contributed by atoms with Crippen molar-refractivity contribution in [2.75, 3.05) is 0 Å². The molecule has 0 bridgehead atoms. The lowest BCUT2D eigenvalue weighted by atomic mass is 10.7. The monoisotopic (exact) mass is 138 g/mol. The summed E-state index contributed by atoms with van der Waals surface area (Å²) in [6.45, 7) is 0. The van der Waals surface area contributed by atoms with Crippen LogP contribution in [0.3, 0.4) is 0 Å². The van der Waals surface area contributed by atoms with E-state index in [1.807, 2.05) is 5.40 Å². The maximum Gasteiger partial charge on any atom is 0.272 e. The van der Waals surface area contributed by atoms with Gasteiger partial charge in [0.05, 0.1) is 0 Å². The minimum Gasteiger partial charge on any atom is -0.186 e. The zero-order valence-electron chi connectivity index (χ0n) is 4.96. The van der Waals surface area contributed by atoms with Crippen molar-refractivity contribution >= 4 is 35.2 Å². The summed E-state index contributed by atoms with van der Waals surface area (Å²) in [5.41, 5.74) is -0.213. The van der Waals surface area contributed by atoms with E-state index in [0.717, 1.165) is 11.6 Å². The molecule has 0 N–H and O–H groups in total. The SMILES string of the molecule is [2H]P([3H])B(P)SC#N. The lowest BCUT2D eigenvalue weighted by molar-refractivity contribution is 1.57. The van der Waals surface area contributed by atoms with Gasteiger partial charge in [-0.1, -0.05) is 11.6 Å². The third-order valence-corrected chi connectivity index (χ3v) is 1.24. The molecule has 0 spiro atoms. The van der Waals surface area contributed by atoms with E-state index in [-0.39, 0.29) is 5.43 Å². The molecule has 0 aromatic carbocycles. The van der Waals surface area contributed by atoms with Crippen LogP contribution in [0.4, 0.5) is 0 Å². The van der Waals surface area contributed by atoms with Gasteiger partial charge in [-0.2, -0.15) is 23.4 Å². The molecule has 5 heteroatoms. The van der Waals surface area contributed by atoms with Crippen LogP contribution in [0.15, 0.2) is 0 Å². The fourth-order valence-electron chi connectivity index (χ4n) is 0.0540. The van der Waals surface area contributed by atoms with Crippen LogP contribution in [0.25, 0.3) is 0 Å². The summed E-state index contributed by atoms with van der Waals surface area (Å²) in [6, 6.07) is 0. The molecule has 0 aliphatic carbocycles. The zero-order chi connectivity index (χ0) is 6.57. The molecule has 0 aliphatic heterocycles. The fourth-order valence-corrected chi connectivity index (χ4v) is 0.486. The molecule has 2 atom stereocenters. The first-order valence-corrected chi connectivity index (χ1v) is 3.32. The highest BCUT2D eigenvalue weighted by Crippen LogP contribution is 2.16. The van der Waals surface area contributed by atoms with Crippen LogP contribution >= 0.6 is 29.7 Å². The van der Waals surface area contributed by atoms with Crippen molar-refractivity contribution < 1.29 is 0 Å². The molecule has 0 saturated heterocycles. The Balaban J connectivity index is 3.35. The average Bonchev–Trinajstić information content (AvgIpc) is 1.67. The van der Waals surface area contributed by atoms with E-state index in [1.54, 1.807) is 0 Å². The van der Waals surface area contributed by atoms with Gasteiger partial charge < -0.3 is 0 Å². The van der Waals surface area contributed by atoms with E-state index >= 15 is 0 Å². The van der Waals surface area contributed by atoms with Gasteiger partial charge in [0.15, 0.2) is 0 Å². The van der Waals surface area contributed by atoms with Gasteiger partial charge in [-0.3, -0.25) is 0 Å². The van der Waals surface area contributed by atoms with Gasteiger partial charge in [0.2, 0.25) is 0 Å². The molecule has 2 unspecified atom stereocenters. The molecule has 0 rings (SSSR count). The zero-order valence-corrected chi connectivity index (χ0v) is 5.82. The molecule has 1 nitrogen and oxygen atoms in total. The van der Waals surface area contributed by atoms with Gasteiger partial charge in [-0.25, -0.2) is 0 Å². The van der Waals surface area contributed by atoms with Crippen molar-refractivity contribution in [3.8, 4) is 5.40 Å². The van der Waals surface area contributed by atoms with Gasteiger partial charge in [0.25, 0.3) is 5.43 Å². The first kappa shape index (κ1) is 3.73. The molecular formula is CH4BNP2S. The van der Waals surface area contributed by atoms with Gasteiger partial charge in [-0.05, 0) is 0 Å². The minimum atomic E-state index is -1.46. The molecule has 32 valence electrons. The second kappa shape index (κ2) is 3.94. The predicted molar refractivity (Wildman–Crippen MR) is 38.4 cm³/mol. The topological polar surface area (TPSA) is 23.8 Å². The second-order valence-electron chi connectivity index (χ2n) is 0.600. The highest BCUT2D eigenvalue weighted by atomic mass is 32.2. The van der Waals surface area contributed by atoms with E-state index in [0.29, 0.717) is 0 Å². The Morgan fingerprint density at radius 3 is 3.33 bits per heavy atom. The predicted octanol–water partition coefficient (Wildman–Crippen LogP) is 0.936. The molecule has 0 amide bonds. The Hall–Kier alpha value is 0.765. The summed E-state index contributed by atoms with van der Waals surface area (Å²) < 4.78 is 13.7. The summed E-state index contributed by atoms with van der Waals surface area (Å²) >= 11 is 0.962.